The number of imide groups is 1. The number of amides is 2. The molecule has 4 nitrogen and oxygen atoms in total. The van der Waals surface area contributed by atoms with Gasteiger partial charge in [0.1, 0.15) is 0 Å². The Labute approximate surface area is 151 Å². The molecule has 0 aliphatic carbocycles. The van der Waals surface area contributed by atoms with Crippen LogP contribution in [0.2, 0.25) is 0 Å². The second-order valence-corrected chi connectivity index (χ2v) is 6.71. The van der Waals surface area contributed by atoms with E-state index in [2.05, 4.69) is 0 Å². The molecule has 0 spiro atoms. The van der Waals surface area contributed by atoms with Crippen LogP contribution in [0, 0.1) is 0 Å². The summed E-state index contributed by atoms with van der Waals surface area (Å²) in [4.78, 5) is 28.2. The molecule has 126 valence electrons. The Bertz CT molecular complexity index is 840. The predicted octanol–water partition coefficient (Wildman–Crippen LogP) is 4.55. The lowest BCUT2D eigenvalue weighted by Gasteiger charge is -2.11. The molecule has 1 saturated heterocycles. The molecule has 0 radical (unpaired) electrons. The Morgan fingerprint density at radius 1 is 0.960 bits per heavy atom. The van der Waals surface area contributed by atoms with Crippen molar-refractivity contribution in [1.29, 1.82) is 0 Å². The molecule has 2 aromatic carbocycles. The van der Waals surface area contributed by atoms with E-state index in [9.17, 15) is 9.59 Å². The number of benzene rings is 2. The summed E-state index contributed by atoms with van der Waals surface area (Å²) in [5.41, 5.74) is 2.75. The van der Waals surface area contributed by atoms with Crippen molar-refractivity contribution in [3.05, 3.63) is 77.2 Å². The summed E-state index contributed by atoms with van der Waals surface area (Å²) in [6, 6.07) is 17.0. The van der Waals surface area contributed by atoms with Crippen molar-refractivity contribution in [2.75, 3.05) is 23.9 Å². The normalized spacial score (nSPS) is 16.2. The summed E-state index contributed by atoms with van der Waals surface area (Å²) in [5.74, 6) is -0.284. The first kappa shape index (κ1) is 17.0. The van der Waals surface area contributed by atoms with E-state index in [-0.39, 0.29) is 11.1 Å². The molecule has 1 fully saturated rings. The second-order valence-electron chi connectivity index (χ2n) is 5.72. The first-order valence-corrected chi connectivity index (χ1v) is 8.65. The van der Waals surface area contributed by atoms with Crippen LogP contribution in [-0.4, -0.2) is 25.2 Å². The zero-order valence-electron chi connectivity index (χ0n) is 14.0. The Kier molecular flexibility index (Phi) is 5.05. The maximum atomic E-state index is 12.5. The van der Waals surface area contributed by atoms with Crippen LogP contribution in [-0.2, 0) is 4.79 Å². The molecule has 0 atom stereocenters. The number of nitrogens with zero attached hydrogens (tertiary/aromatic N) is 2. The highest BCUT2D eigenvalue weighted by Gasteiger charge is 2.35. The van der Waals surface area contributed by atoms with E-state index in [0.29, 0.717) is 10.6 Å². The van der Waals surface area contributed by atoms with Crippen LogP contribution >= 0.6 is 11.8 Å². The van der Waals surface area contributed by atoms with Crippen LogP contribution in [0.1, 0.15) is 5.56 Å². The lowest BCUT2D eigenvalue weighted by molar-refractivity contribution is -0.113. The average Bonchev–Trinajstić information content (AvgIpc) is 2.90. The quantitative estimate of drug-likeness (QED) is 0.759. The highest BCUT2D eigenvalue weighted by molar-refractivity contribution is 8.18. The number of carbonyl (C=O) groups excluding carboxylic acids is 2. The van der Waals surface area contributed by atoms with Crippen LogP contribution in [0.4, 0.5) is 16.2 Å². The van der Waals surface area contributed by atoms with Crippen LogP contribution in [0.5, 0.6) is 0 Å². The van der Waals surface area contributed by atoms with Gasteiger partial charge in [-0.25, -0.2) is 4.90 Å². The van der Waals surface area contributed by atoms with Gasteiger partial charge in [-0.15, -0.1) is 0 Å². The van der Waals surface area contributed by atoms with E-state index < -0.39 is 0 Å². The number of anilines is 2. The van der Waals surface area contributed by atoms with Crippen LogP contribution in [0.15, 0.2) is 71.7 Å². The molecule has 1 aliphatic rings. The van der Waals surface area contributed by atoms with Crippen molar-refractivity contribution >= 4 is 40.4 Å². The zero-order valence-corrected chi connectivity index (χ0v) is 14.9. The van der Waals surface area contributed by atoms with E-state index in [1.54, 1.807) is 36.4 Å². The maximum Gasteiger partial charge on any atom is 0.298 e. The van der Waals surface area contributed by atoms with Gasteiger partial charge >= 0.3 is 0 Å². The molecule has 2 amide bonds. The third-order valence-electron chi connectivity index (χ3n) is 3.75. The van der Waals surface area contributed by atoms with Crippen molar-refractivity contribution in [2.24, 2.45) is 0 Å². The van der Waals surface area contributed by atoms with Gasteiger partial charge < -0.3 is 4.90 Å². The van der Waals surface area contributed by atoms with Gasteiger partial charge in [-0.05, 0) is 47.7 Å². The first-order valence-electron chi connectivity index (χ1n) is 7.83. The summed E-state index contributed by atoms with van der Waals surface area (Å²) in [6.07, 6.45) is 5.40. The van der Waals surface area contributed by atoms with Crippen molar-refractivity contribution in [3.8, 4) is 0 Å². The number of para-hydroxylation sites is 1. The van der Waals surface area contributed by atoms with Gasteiger partial charge in [-0.1, -0.05) is 42.5 Å². The molecule has 5 heteroatoms. The summed E-state index contributed by atoms with van der Waals surface area (Å²) in [7, 11) is 3.99. The van der Waals surface area contributed by atoms with E-state index in [4.69, 9.17) is 0 Å². The van der Waals surface area contributed by atoms with Gasteiger partial charge in [0.2, 0.25) is 0 Å². The van der Waals surface area contributed by atoms with E-state index >= 15 is 0 Å². The molecule has 1 heterocycles. The number of thioether (sulfide) groups is 1. The SMILES string of the molecule is CN(C)c1ccc(/C=C/C=C2/SC(=O)N(c3ccccc3)C2=O)cc1. The highest BCUT2D eigenvalue weighted by atomic mass is 32.2. The van der Waals surface area contributed by atoms with Gasteiger partial charge in [0.15, 0.2) is 0 Å². The summed E-state index contributed by atoms with van der Waals surface area (Å²) in [5, 5.41) is -0.272. The smallest absolute Gasteiger partial charge is 0.298 e. The first-order chi connectivity index (χ1) is 12.1. The molecule has 1 aliphatic heterocycles. The van der Waals surface area contributed by atoms with E-state index in [0.717, 1.165) is 23.0 Å². The largest absolute Gasteiger partial charge is 0.378 e. The van der Waals surface area contributed by atoms with Gasteiger partial charge in [-0.2, -0.15) is 0 Å². The van der Waals surface area contributed by atoms with Gasteiger partial charge in [0.05, 0.1) is 10.6 Å². The Morgan fingerprint density at radius 3 is 2.28 bits per heavy atom. The number of hydrogen-bond acceptors (Lipinski definition) is 4. The van der Waals surface area contributed by atoms with Gasteiger partial charge in [-0.3, -0.25) is 9.59 Å². The second kappa shape index (κ2) is 7.40. The van der Waals surface area contributed by atoms with Crippen molar-refractivity contribution < 1.29 is 9.59 Å². The number of allylic oxidation sites excluding steroid dienone is 2. The van der Waals surface area contributed by atoms with Crippen LogP contribution < -0.4 is 9.80 Å². The zero-order chi connectivity index (χ0) is 17.8. The molecule has 0 N–H and O–H groups in total. The fourth-order valence-electron chi connectivity index (χ4n) is 2.41. The third-order valence-corrected chi connectivity index (χ3v) is 4.64. The Balaban J connectivity index is 1.74. The number of carbonyl (C=O) groups is 2. The summed E-state index contributed by atoms with van der Waals surface area (Å²) < 4.78 is 0. The molecule has 3 rings (SSSR count). The topological polar surface area (TPSA) is 40.6 Å². The summed E-state index contributed by atoms with van der Waals surface area (Å²) in [6.45, 7) is 0. The maximum absolute atomic E-state index is 12.5. The third kappa shape index (κ3) is 3.83. The molecule has 0 saturated carbocycles. The molecule has 0 bridgehead atoms. The van der Waals surface area contributed by atoms with Crippen LogP contribution in [0.3, 0.4) is 0 Å². The lowest BCUT2D eigenvalue weighted by atomic mass is 10.2. The van der Waals surface area contributed by atoms with Crippen LogP contribution in [0.25, 0.3) is 6.08 Å². The van der Waals surface area contributed by atoms with Gasteiger partial charge in [0.25, 0.3) is 11.1 Å². The molecule has 0 aromatic heterocycles. The highest BCUT2D eigenvalue weighted by Crippen LogP contribution is 2.34. The molecular formula is C20H18N2O2S. The van der Waals surface area contributed by atoms with Gasteiger partial charge in [0, 0.05) is 19.8 Å². The average molecular weight is 350 g/mol. The monoisotopic (exact) mass is 350 g/mol. The molecular weight excluding hydrogens is 332 g/mol. The van der Waals surface area contributed by atoms with Crippen molar-refractivity contribution in [1.82, 2.24) is 0 Å². The minimum absolute atomic E-state index is 0.272. The number of hydrogen-bond donors (Lipinski definition) is 0. The molecule has 0 unspecified atom stereocenters. The van der Waals surface area contributed by atoms with E-state index in [1.165, 1.54) is 4.90 Å². The Hall–Kier alpha value is -2.79. The standard InChI is InChI=1S/C20H18N2O2S/c1-21(2)16-13-11-15(12-14-16)7-6-10-18-19(23)22(20(24)25-18)17-8-4-3-5-9-17/h3-14H,1-2H3/b7-6+,18-10+. The minimum atomic E-state index is -0.284. The molecule has 25 heavy (non-hydrogen) atoms. The Morgan fingerprint density at radius 2 is 1.64 bits per heavy atom. The summed E-state index contributed by atoms with van der Waals surface area (Å²) >= 11 is 0.959. The molecule has 2 aromatic rings. The lowest BCUT2D eigenvalue weighted by Crippen LogP contribution is -2.27. The van der Waals surface area contributed by atoms with Crippen molar-refractivity contribution in [3.63, 3.8) is 0 Å². The fraction of sp³-hybridized carbons (Fsp3) is 0.100. The number of rotatable bonds is 4. The minimum Gasteiger partial charge on any atom is -0.378 e. The fourth-order valence-corrected chi connectivity index (χ4v) is 3.20. The van der Waals surface area contributed by atoms with Crippen molar-refractivity contribution in [2.45, 2.75) is 0 Å². The van der Waals surface area contributed by atoms with E-state index in [1.807, 2.05) is 55.4 Å². The predicted molar refractivity (Wildman–Crippen MR) is 105 cm³/mol.